The summed E-state index contributed by atoms with van der Waals surface area (Å²) < 4.78 is 28.7. The summed E-state index contributed by atoms with van der Waals surface area (Å²) in [5.41, 5.74) is 2.07. The van der Waals surface area contributed by atoms with Crippen LogP contribution in [0, 0.1) is 13.8 Å². The van der Waals surface area contributed by atoms with Gasteiger partial charge in [-0.05, 0) is 55.3 Å². The monoisotopic (exact) mass is 412 g/mol. The summed E-state index contributed by atoms with van der Waals surface area (Å²) >= 11 is 3.37. The summed E-state index contributed by atoms with van der Waals surface area (Å²) in [5, 5.41) is 12.1. The van der Waals surface area contributed by atoms with Crippen molar-refractivity contribution < 1.29 is 18.3 Å². The molecule has 0 radical (unpaired) electrons. The lowest BCUT2D eigenvalue weighted by Crippen LogP contribution is -2.15. The van der Waals surface area contributed by atoms with Crippen LogP contribution in [0.2, 0.25) is 0 Å². The van der Waals surface area contributed by atoms with E-state index in [9.17, 15) is 18.3 Å². The second-order valence-corrected chi connectivity index (χ2v) is 7.98. The van der Waals surface area contributed by atoms with Crippen molar-refractivity contribution in [1.82, 2.24) is 0 Å². The molecule has 0 aliphatic heterocycles. The number of carbonyl (C=O) groups is 1. The number of amides is 1. The van der Waals surface area contributed by atoms with Crippen LogP contribution in [0.15, 0.2) is 39.7 Å². The fourth-order valence-electron chi connectivity index (χ4n) is 2.24. The molecular weight excluding hydrogens is 396 g/mol. The molecule has 3 N–H and O–H groups in total. The maximum absolute atomic E-state index is 12.6. The second-order valence-electron chi connectivity index (χ2n) is 5.38. The van der Waals surface area contributed by atoms with Crippen molar-refractivity contribution in [2.24, 2.45) is 0 Å². The van der Waals surface area contributed by atoms with Crippen LogP contribution in [0.5, 0.6) is 5.75 Å². The van der Waals surface area contributed by atoms with Crippen LogP contribution >= 0.6 is 15.9 Å². The van der Waals surface area contributed by atoms with Gasteiger partial charge in [0.15, 0.2) is 0 Å². The Labute approximate surface area is 149 Å². The third kappa shape index (κ3) is 4.07. The Morgan fingerprint density at radius 3 is 2.25 bits per heavy atom. The molecule has 0 aromatic heterocycles. The maximum atomic E-state index is 12.6. The molecular formula is C16H17BrN2O4S. The van der Waals surface area contributed by atoms with Crippen LogP contribution in [0.4, 0.5) is 11.4 Å². The molecule has 2 aromatic rings. The van der Waals surface area contributed by atoms with Gasteiger partial charge in [-0.1, -0.05) is 15.9 Å². The van der Waals surface area contributed by atoms with E-state index in [0.29, 0.717) is 5.69 Å². The van der Waals surface area contributed by atoms with E-state index in [2.05, 4.69) is 26.0 Å². The summed E-state index contributed by atoms with van der Waals surface area (Å²) in [4.78, 5) is 11.1. The highest BCUT2D eigenvalue weighted by molar-refractivity contribution is 9.10. The lowest BCUT2D eigenvalue weighted by atomic mass is 10.1. The molecule has 6 nitrogen and oxygen atoms in total. The quantitative estimate of drug-likeness (QED) is 0.669. The van der Waals surface area contributed by atoms with Gasteiger partial charge in [-0.3, -0.25) is 9.52 Å². The van der Waals surface area contributed by atoms with Crippen molar-refractivity contribution in [2.75, 3.05) is 10.0 Å². The van der Waals surface area contributed by atoms with Gasteiger partial charge in [-0.2, -0.15) is 0 Å². The molecule has 0 saturated heterocycles. The molecule has 0 fully saturated rings. The summed E-state index contributed by atoms with van der Waals surface area (Å²) in [5.74, 6) is -0.618. The lowest BCUT2D eigenvalue weighted by molar-refractivity contribution is -0.114. The first-order valence-corrected chi connectivity index (χ1v) is 9.28. The molecule has 8 heteroatoms. The third-order valence-electron chi connectivity index (χ3n) is 3.32. The Morgan fingerprint density at radius 1 is 1.12 bits per heavy atom. The number of carbonyl (C=O) groups excluding carboxylic acids is 1. The van der Waals surface area contributed by atoms with E-state index in [4.69, 9.17) is 0 Å². The SMILES string of the molecule is CC(=O)Nc1cc(S(=O)(=O)Nc2c(C)cc(Br)cc2C)ccc1O. The minimum Gasteiger partial charge on any atom is -0.506 e. The van der Waals surface area contributed by atoms with Crippen molar-refractivity contribution in [3.8, 4) is 5.75 Å². The highest BCUT2D eigenvalue weighted by atomic mass is 79.9. The Morgan fingerprint density at radius 2 is 1.71 bits per heavy atom. The predicted octanol–water partition coefficient (Wildman–Crippen LogP) is 3.53. The van der Waals surface area contributed by atoms with Gasteiger partial charge >= 0.3 is 0 Å². The fraction of sp³-hybridized carbons (Fsp3) is 0.188. The van der Waals surface area contributed by atoms with Gasteiger partial charge < -0.3 is 10.4 Å². The van der Waals surface area contributed by atoms with Crippen LogP contribution in [0.3, 0.4) is 0 Å². The van der Waals surface area contributed by atoms with Crippen LogP contribution in [-0.2, 0) is 14.8 Å². The molecule has 2 aromatic carbocycles. The Hall–Kier alpha value is -2.06. The smallest absolute Gasteiger partial charge is 0.261 e. The van der Waals surface area contributed by atoms with Crippen molar-refractivity contribution in [3.63, 3.8) is 0 Å². The first-order valence-electron chi connectivity index (χ1n) is 7.00. The number of sulfonamides is 1. The Balaban J connectivity index is 2.43. The fourth-order valence-corrected chi connectivity index (χ4v) is 4.15. The predicted molar refractivity (Wildman–Crippen MR) is 96.8 cm³/mol. The maximum Gasteiger partial charge on any atom is 0.261 e. The van der Waals surface area contributed by atoms with Gasteiger partial charge in [0.1, 0.15) is 5.75 Å². The molecule has 0 atom stereocenters. The number of aromatic hydroxyl groups is 1. The van der Waals surface area contributed by atoms with E-state index < -0.39 is 15.9 Å². The minimum absolute atomic E-state index is 0.0367. The largest absolute Gasteiger partial charge is 0.506 e. The molecule has 0 bridgehead atoms. The number of phenols is 1. The minimum atomic E-state index is -3.87. The van der Waals surface area contributed by atoms with Crippen LogP contribution in [0.1, 0.15) is 18.1 Å². The summed E-state index contributed by atoms with van der Waals surface area (Å²) in [7, 11) is -3.87. The second kappa shape index (κ2) is 6.82. The van der Waals surface area contributed by atoms with Crippen LogP contribution in [0.25, 0.3) is 0 Å². The van der Waals surface area contributed by atoms with Gasteiger partial charge in [0, 0.05) is 11.4 Å². The van der Waals surface area contributed by atoms with E-state index in [1.54, 1.807) is 13.8 Å². The number of phenolic OH excluding ortho intramolecular Hbond substituents is 1. The van der Waals surface area contributed by atoms with E-state index in [1.165, 1.54) is 25.1 Å². The number of aryl methyl sites for hydroxylation is 2. The summed E-state index contributed by atoms with van der Waals surface area (Å²) in [6.07, 6.45) is 0. The van der Waals surface area contributed by atoms with Gasteiger partial charge in [0.05, 0.1) is 16.3 Å². The molecule has 24 heavy (non-hydrogen) atoms. The molecule has 2 rings (SSSR count). The number of halogens is 1. The lowest BCUT2D eigenvalue weighted by Gasteiger charge is -2.15. The Bertz CT molecular complexity index is 887. The third-order valence-corrected chi connectivity index (χ3v) is 5.13. The van der Waals surface area contributed by atoms with Crippen molar-refractivity contribution in [3.05, 3.63) is 45.9 Å². The zero-order valence-electron chi connectivity index (χ0n) is 13.3. The van der Waals surface area contributed by atoms with E-state index in [1.807, 2.05) is 12.1 Å². The topological polar surface area (TPSA) is 95.5 Å². The van der Waals surface area contributed by atoms with Crippen molar-refractivity contribution >= 4 is 43.2 Å². The number of hydrogen-bond donors (Lipinski definition) is 3. The number of benzene rings is 2. The summed E-state index contributed by atoms with van der Waals surface area (Å²) in [6.45, 7) is 4.87. The van der Waals surface area contributed by atoms with E-state index in [-0.39, 0.29) is 16.3 Å². The van der Waals surface area contributed by atoms with E-state index >= 15 is 0 Å². The molecule has 0 heterocycles. The standard InChI is InChI=1S/C16H17BrN2O4S/c1-9-6-12(17)7-10(2)16(9)19-24(22,23)13-4-5-15(21)14(8-13)18-11(3)20/h4-8,19,21H,1-3H3,(H,18,20). The first-order chi connectivity index (χ1) is 11.1. The van der Waals surface area contributed by atoms with Crippen LogP contribution < -0.4 is 10.0 Å². The number of anilines is 2. The van der Waals surface area contributed by atoms with Crippen molar-refractivity contribution in [1.29, 1.82) is 0 Å². The van der Waals surface area contributed by atoms with Gasteiger partial charge in [0.2, 0.25) is 5.91 Å². The zero-order valence-corrected chi connectivity index (χ0v) is 15.7. The molecule has 128 valence electrons. The molecule has 1 amide bonds. The molecule has 0 aliphatic carbocycles. The van der Waals surface area contributed by atoms with Gasteiger partial charge in [0.25, 0.3) is 10.0 Å². The van der Waals surface area contributed by atoms with E-state index in [0.717, 1.165) is 15.6 Å². The number of rotatable bonds is 4. The first kappa shape index (κ1) is 18.3. The average molecular weight is 413 g/mol. The van der Waals surface area contributed by atoms with Gasteiger partial charge in [-0.25, -0.2) is 8.42 Å². The number of hydrogen-bond acceptors (Lipinski definition) is 4. The Kier molecular flexibility index (Phi) is 5.19. The number of nitrogens with one attached hydrogen (secondary N) is 2. The molecule has 0 saturated carbocycles. The average Bonchev–Trinajstić information content (AvgIpc) is 2.44. The normalized spacial score (nSPS) is 11.2. The van der Waals surface area contributed by atoms with Gasteiger partial charge in [-0.15, -0.1) is 0 Å². The zero-order chi connectivity index (χ0) is 18.1. The van der Waals surface area contributed by atoms with Crippen LogP contribution in [-0.4, -0.2) is 19.4 Å². The summed E-state index contributed by atoms with van der Waals surface area (Å²) in [6, 6.07) is 7.32. The molecule has 0 unspecified atom stereocenters. The van der Waals surface area contributed by atoms with Crippen molar-refractivity contribution in [2.45, 2.75) is 25.7 Å². The molecule has 0 spiro atoms. The molecule has 0 aliphatic rings. The highest BCUT2D eigenvalue weighted by Gasteiger charge is 2.19. The highest BCUT2D eigenvalue weighted by Crippen LogP contribution is 2.30.